The number of nitrogens with zero attached hydrogens (tertiary/aromatic N) is 2. The Morgan fingerprint density at radius 3 is 2.58 bits per heavy atom. The highest BCUT2D eigenvalue weighted by Gasteiger charge is 2.26. The molecule has 0 aliphatic carbocycles. The van der Waals surface area contributed by atoms with Crippen LogP contribution in [0.1, 0.15) is 21.6 Å². The number of amides is 3. The van der Waals surface area contributed by atoms with Crippen molar-refractivity contribution in [3.8, 4) is 0 Å². The molecule has 2 heterocycles. The van der Waals surface area contributed by atoms with E-state index in [2.05, 4.69) is 20.8 Å². The number of carbonyl (C=O) groups is 2. The number of fused-ring (bicyclic) bond motifs is 2. The molecule has 3 amide bonds. The van der Waals surface area contributed by atoms with Crippen LogP contribution in [0, 0.1) is 0 Å². The average molecular weight is 411 g/mol. The van der Waals surface area contributed by atoms with Crippen molar-refractivity contribution >= 4 is 34.2 Å². The van der Waals surface area contributed by atoms with Crippen molar-refractivity contribution in [2.45, 2.75) is 13.0 Å². The molecule has 1 aliphatic rings. The molecule has 0 bridgehead atoms. The van der Waals surface area contributed by atoms with Gasteiger partial charge in [-0.05, 0) is 41.8 Å². The molecule has 0 saturated carbocycles. The summed E-state index contributed by atoms with van der Waals surface area (Å²) in [6, 6.07) is 22.4. The van der Waals surface area contributed by atoms with E-state index in [1.165, 1.54) is 0 Å². The van der Waals surface area contributed by atoms with Gasteiger partial charge in [0.15, 0.2) is 5.69 Å². The van der Waals surface area contributed by atoms with E-state index >= 15 is 0 Å². The molecular formula is C24H21N5O2. The van der Waals surface area contributed by atoms with Gasteiger partial charge in [0.05, 0.1) is 5.52 Å². The fourth-order valence-electron chi connectivity index (χ4n) is 3.98. The summed E-state index contributed by atoms with van der Waals surface area (Å²) >= 11 is 0. The van der Waals surface area contributed by atoms with Crippen LogP contribution in [0.15, 0.2) is 72.8 Å². The molecular weight excluding hydrogens is 390 g/mol. The Hall–Kier alpha value is -4.13. The predicted molar refractivity (Wildman–Crippen MR) is 120 cm³/mol. The van der Waals surface area contributed by atoms with Crippen molar-refractivity contribution in [1.29, 1.82) is 0 Å². The van der Waals surface area contributed by atoms with Gasteiger partial charge < -0.3 is 15.5 Å². The topological polar surface area (TPSA) is 90.1 Å². The van der Waals surface area contributed by atoms with Gasteiger partial charge in [-0.15, -0.1) is 0 Å². The summed E-state index contributed by atoms with van der Waals surface area (Å²) in [5, 5.41) is 13.8. The van der Waals surface area contributed by atoms with Crippen LogP contribution in [0.25, 0.3) is 10.9 Å². The van der Waals surface area contributed by atoms with Crippen molar-refractivity contribution in [3.63, 3.8) is 0 Å². The second kappa shape index (κ2) is 7.95. The summed E-state index contributed by atoms with van der Waals surface area (Å²) in [5.74, 6) is -0.0942. The van der Waals surface area contributed by atoms with E-state index in [9.17, 15) is 9.59 Å². The largest absolute Gasteiger partial charge is 0.333 e. The third-order valence-corrected chi connectivity index (χ3v) is 5.51. The highest BCUT2D eigenvalue weighted by Crippen LogP contribution is 2.28. The van der Waals surface area contributed by atoms with Crippen LogP contribution in [0.5, 0.6) is 0 Å². The number of anilines is 2. The van der Waals surface area contributed by atoms with Crippen LogP contribution >= 0.6 is 0 Å². The number of nitrogens with one attached hydrogen (secondary N) is 3. The van der Waals surface area contributed by atoms with Crippen molar-refractivity contribution < 1.29 is 9.59 Å². The number of hydrogen-bond donors (Lipinski definition) is 3. The van der Waals surface area contributed by atoms with Gasteiger partial charge in [0.1, 0.15) is 0 Å². The van der Waals surface area contributed by atoms with Crippen LogP contribution in [-0.4, -0.2) is 33.6 Å². The quantitative estimate of drug-likeness (QED) is 0.467. The number of urea groups is 1. The smallest absolute Gasteiger partial charge is 0.323 e. The molecule has 3 N–H and O–H groups in total. The van der Waals surface area contributed by atoms with Gasteiger partial charge in [0, 0.05) is 29.9 Å². The average Bonchev–Trinajstić information content (AvgIpc) is 3.23. The first kappa shape index (κ1) is 18.9. The maximum absolute atomic E-state index is 13.1. The first-order valence-electron chi connectivity index (χ1n) is 10.2. The van der Waals surface area contributed by atoms with E-state index in [1.54, 1.807) is 4.90 Å². The molecule has 31 heavy (non-hydrogen) atoms. The minimum absolute atomic E-state index is 0.0942. The van der Waals surface area contributed by atoms with Gasteiger partial charge in [-0.3, -0.25) is 9.89 Å². The fourth-order valence-corrected chi connectivity index (χ4v) is 3.98. The Balaban J connectivity index is 1.33. The SMILES string of the molecule is O=C(Nc1ccccc1)Nc1cccc2c1CCN(C(=O)c1n[nH]c3ccccc13)C2. The molecule has 1 aliphatic heterocycles. The maximum Gasteiger partial charge on any atom is 0.323 e. The van der Waals surface area contributed by atoms with Gasteiger partial charge in [-0.2, -0.15) is 5.10 Å². The third-order valence-electron chi connectivity index (χ3n) is 5.51. The molecule has 3 aromatic carbocycles. The monoisotopic (exact) mass is 411 g/mol. The molecule has 0 atom stereocenters. The van der Waals surface area contributed by atoms with Gasteiger partial charge in [0.2, 0.25) is 0 Å². The van der Waals surface area contributed by atoms with Crippen molar-refractivity contribution in [1.82, 2.24) is 15.1 Å². The van der Waals surface area contributed by atoms with E-state index in [-0.39, 0.29) is 11.9 Å². The van der Waals surface area contributed by atoms with Crippen LogP contribution in [-0.2, 0) is 13.0 Å². The molecule has 7 heteroatoms. The Kier molecular flexibility index (Phi) is 4.84. The number of aromatic nitrogens is 2. The zero-order valence-electron chi connectivity index (χ0n) is 16.8. The van der Waals surface area contributed by atoms with Gasteiger partial charge >= 0.3 is 6.03 Å². The highest BCUT2D eigenvalue weighted by atomic mass is 16.2. The molecule has 1 aromatic heterocycles. The zero-order chi connectivity index (χ0) is 21.2. The zero-order valence-corrected chi connectivity index (χ0v) is 16.8. The Morgan fingerprint density at radius 1 is 0.903 bits per heavy atom. The number of hydrogen-bond acceptors (Lipinski definition) is 3. The Morgan fingerprint density at radius 2 is 1.71 bits per heavy atom. The van der Waals surface area contributed by atoms with Gasteiger partial charge in [-0.1, -0.05) is 48.5 Å². The van der Waals surface area contributed by atoms with Crippen LogP contribution in [0.4, 0.5) is 16.2 Å². The summed E-state index contributed by atoms with van der Waals surface area (Å²) in [6.07, 6.45) is 0.658. The minimum Gasteiger partial charge on any atom is -0.333 e. The lowest BCUT2D eigenvalue weighted by Crippen LogP contribution is -2.36. The maximum atomic E-state index is 13.1. The number of aromatic amines is 1. The Bertz CT molecular complexity index is 1270. The first-order valence-corrected chi connectivity index (χ1v) is 10.2. The van der Waals surface area contributed by atoms with E-state index < -0.39 is 0 Å². The van der Waals surface area contributed by atoms with Crippen LogP contribution < -0.4 is 10.6 Å². The van der Waals surface area contributed by atoms with Crippen LogP contribution in [0.2, 0.25) is 0 Å². The summed E-state index contributed by atoms with van der Waals surface area (Å²) in [7, 11) is 0. The number of rotatable bonds is 3. The van der Waals surface area contributed by atoms with E-state index in [0.29, 0.717) is 25.2 Å². The molecule has 4 aromatic rings. The number of carbonyl (C=O) groups excluding carboxylic acids is 2. The van der Waals surface area contributed by atoms with Crippen molar-refractivity contribution in [2.24, 2.45) is 0 Å². The molecule has 0 radical (unpaired) electrons. The second-order valence-corrected chi connectivity index (χ2v) is 7.48. The minimum atomic E-state index is -0.291. The lowest BCUT2D eigenvalue weighted by molar-refractivity contribution is 0.0730. The first-order chi connectivity index (χ1) is 15.2. The molecule has 5 rings (SSSR count). The van der Waals surface area contributed by atoms with Crippen LogP contribution in [0.3, 0.4) is 0 Å². The lowest BCUT2D eigenvalue weighted by Gasteiger charge is -2.29. The summed E-state index contributed by atoms with van der Waals surface area (Å²) in [4.78, 5) is 27.3. The third kappa shape index (κ3) is 3.73. The second-order valence-electron chi connectivity index (χ2n) is 7.48. The predicted octanol–water partition coefficient (Wildman–Crippen LogP) is 4.41. The lowest BCUT2D eigenvalue weighted by atomic mass is 9.97. The number of benzene rings is 3. The summed E-state index contributed by atoms with van der Waals surface area (Å²) in [6.45, 7) is 1.04. The number of H-pyrrole nitrogens is 1. The summed E-state index contributed by atoms with van der Waals surface area (Å²) < 4.78 is 0. The number of para-hydroxylation sites is 2. The standard InChI is InChI=1S/C24H21N5O2/c30-23(22-19-10-4-5-11-21(19)27-28-22)29-14-13-18-16(15-29)7-6-12-20(18)26-24(31)25-17-8-2-1-3-9-17/h1-12H,13-15H2,(H,27,28)(H2,25,26,31). The van der Waals surface area contributed by atoms with E-state index in [4.69, 9.17) is 0 Å². The molecule has 0 spiro atoms. The fraction of sp³-hybridized carbons (Fsp3) is 0.125. The Labute approximate surface area is 179 Å². The molecule has 7 nitrogen and oxygen atoms in total. The van der Waals surface area contributed by atoms with Gasteiger partial charge in [-0.25, -0.2) is 4.79 Å². The molecule has 0 fully saturated rings. The summed E-state index contributed by atoms with van der Waals surface area (Å²) in [5.41, 5.74) is 4.87. The van der Waals surface area contributed by atoms with Gasteiger partial charge in [0.25, 0.3) is 5.91 Å². The molecule has 0 unspecified atom stereocenters. The van der Waals surface area contributed by atoms with Crippen molar-refractivity contribution in [2.75, 3.05) is 17.2 Å². The van der Waals surface area contributed by atoms with E-state index in [0.717, 1.165) is 33.4 Å². The van der Waals surface area contributed by atoms with E-state index in [1.807, 2.05) is 72.8 Å². The molecule has 0 saturated heterocycles. The highest BCUT2D eigenvalue weighted by molar-refractivity contribution is 6.05. The molecule has 154 valence electrons. The van der Waals surface area contributed by atoms with Crippen molar-refractivity contribution in [3.05, 3.63) is 89.6 Å². The normalized spacial score (nSPS) is 13.0.